The molecule has 0 spiro atoms. The van der Waals surface area contributed by atoms with Gasteiger partial charge in [-0.2, -0.15) is 15.2 Å². The van der Waals surface area contributed by atoms with Gasteiger partial charge in [0, 0.05) is 0 Å². The molecule has 0 N–H and O–H groups in total. The molecule has 0 radical (unpaired) electrons. The molecular weight excluding hydrogens is 116 g/mol. The van der Waals surface area contributed by atoms with E-state index < -0.39 is 0 Å². The van der Waals surface area contributed by atoms with Crippen LogP contribution in [0.1, 0.15) is 12.6 Å². The molecule has 0 unspecified atom stereocenters. The highest BCUT2D eigenvalue weighted by molar-refractivity contribution is 5.12. The third-order valence-electron chi connectivity index (χ3n) is 0.934. The van der Waals surface area contributed by atoms with Gasteiger partial charge in [-0.25, -0.2) is 0 Å². The zero-order valence-corrected chi connectivity index (χ0v) is 5.07. The van der Waals surface area contributed by atoms with Crippen LogP contribution in [-0.2, 0) is 6.54 Å². The minimum absolute atomic E-state index is 0.372. The van der Waals surface area contributed by atoms with Crippen molar-refractivity contribution < 1.29 is 0 Å². The summed E-state index contributed by atoms with van der Waals surface area (Å²) >= 11 is 0. The average molecular weight is 122 g/mol. The lowest BCUT2D eigenvalue weighted by molar-refractivity contribution is 0.568. The topological polar surface area (TPSA) is 54.5 Å². The van der Waals surface area contributed by atoms with Crippen LogP contribution in [0.4, 0.5) is 0 Å². The van der Waals surface area contributed by atoms with Gasteiger partial charge in [0.05, 0.1) is 12.7 Å². The zero-order chi connectivity index (χ0) is 6.69. The van der Waals surface area contributed by atoms with Crippen molar-refractivity contribution in [2.24, 2.45) is 0 Å². The largest absolute Gasteiger partial charge is 0.191 e. The highest BCUT2D eigenvalue weighted by atomic mass is 15.5. The minimum atomic E-state index is 0.372. The molecule has 0 bridgehead atoms. The minimum Gasteiger partial charge on any atom is -0.191 e. The molecule has 0 fully saturated rings. The molecule has 9 heavy (non-hydrogen) atoms. The number of nitrogens with zero attached hydrogens (tertiary/aromatic N) is 4. The van der Waals surface area contributed by atoms with Crippen LogP contribution in [-0.4, -0.2) is 15.0 Å². The first-order chi connectivity index (χ1) is 4.36. The molecular formula is C5H6N4. The van der Waals surface area contributed by atoms with Gasteiger partial charge in [-0.3, -0.25) is 0 Å². The lowest BCUT2D eigenvalue weighted by Gasteiger charge is -1.85. The first-order valence-corrected chi connectivity index (χ1v) is 2.67. The van der Waals surface area contributed by atoms with Crippen molar-refractivity contribution in [1.29, 1.82) is 5.26 Å². The van der Waals surface area contributed by atoms with Gasteiger partial charge in [0.25, 0.3) is 0 Å². The molecule has 1 aromatic heterocycles. The van der Waals surface area contributed by atoms with E-state index in [1.807, 2.05) is 13.0 Å². The number of hydrogen-bond acceptors (Lipinski definition) is 3. The van der Waals surface area contributed by atoms with Crippen molar-refractivity contribution in [3.05, 3.63) is 11.9 Å². The van der Waals surface area contributed by atoms with Crippen LogP contribution in [0.2, 0.25) is 0 Å². The maximum Gasteiger partial charge on any atom is 0.182 e. The van der Waals surface area contributed by atoms with E-state index in [9.17, 15) is 0 Å². The predicted molar refractivity (Wildman–Crippen MR) is 30.4 cm³/mol. The number of nitriles is 1. The van der Waals surface area contributed by atoms with E-state index in [-0.39, 0.29) is 0 Å². The Morgan fingerprint density at radius 3 is 3.00 bits per heavy atom. The number of aryl methyl sites for hydroxylation is 1. The van der Waals surface area contributed by atoms with E-state index in [1.54, 1.807) is 0 Å². The second-order valence-electron chi connectivity index (χ2n) is 1.53. The standard InChI is InChI=1S/C5H6N4/c1-2-9-7-4-5(3-6)8-9/h4H,2H2,1H3. The normalized spacial score (nSPS) is 8.89. The van der Waals surface area contributed by atoms with Crippen LogP contribution >= 0.6 is 0 Å². The van der Waals surface area contributed by atoms with E-state index in [0.717, 1.165) is 0 Å². The molecule has 0 amide bonds. The van der Waals surface area contributed by atoms with Crippen LogP contribution in [0, 0.1) is 11.3 Å². The highest BCUT2D eigenvalue weighted by Crippen LogP contribution is 1.85. The number of hydrogen-bond donors (Lipinski definition) is 0. The Labute approximate surface area is 52.7 Å². The lowest BCUT2D eigenvalue weighted by atomic mass is 10.6. The Hall–Kier alpha value is -1.37. The lowest BCUT2D eigenvalue weighted by Crippen LogP contribution is -1.97. The molecule has 4 heteroatoms. The van der Waals surface area contributed by atoms with E-state index >= 15 is 0 Å². The summed E-state index contributed by atoms with van der Waals surface area (Å²) in [7, 11) is 0. The summed E-state index contributed by atoms with van der Waals surface area (Å²) in [6, 6.07) is 1.89. The van der Waals surface area contributed by atoms with Crippen LogP contribution in [0.5, 0.6) is 0 Å². The third kappa shape index (κ3) is 1.05. The quantitative estimate of drug-likeness (QED) is 0.533. The highest BCUT2D eigenvalue weighted by Gasteiger charge is 1.93. The Morgan fingerprint density at radius 2 is 2.67 bits per heavy atom. The molecule has 4 nitrogen and oxygen atoms in total. The molecule has 46 valence electrons. The van der Waals surface area contributed by atoms with Crippen molar-refractivity contribution in [3.8, 4) is 6.07 Å². The summed E-state index contributed by atoms with van der Waals surface area (Å²) in [6.45, 7) is 2.63. The van der Waals surface area contributed by atoms with Gasteiger partial charge in [-0.1, -0.05) is 0 Å². The van der Waals surface area contributed by atoms with Gasteiger partial charge in [-0.05, 0) is 6.92 Å². The smallest absolute Gasteiger partial charge is 0.182 e. The van der Waals surface area contributed by atoms with E-state index in [1.165, 1.54) is 11.0 Å². The zero-order valence-electron chi connectivity index (χ0n) is 5.07. The molecule has 0 atom stereocenters. The molecule has 0 aliphatic rings. The Morgan fingerprint density at radius 1 is 1.89 bits per heavy atom. The third-order valence-corrected chi connectivity index (χ3v) is 0.934. The van der Waals surface area contributed by atoms with Crippen molar-refractivity contribution in [2.75, 3.05) is 0 Å². The van der Waals surface area contributed by atoms with Crippen LogP contribution in [0.25, 0.3) is 0 Å². The van der Waals surface area contributed by atoms with Crippen molar-refractivity contribution in [1.82, 2.24) is 15.0 Å². The molecule has 0 saturated heterocycles. The summed E-state index contributed by atoms with van der Waals surface area (Å²) < 4.78 is 0. The SMILES string of the molecule is CCn1ncc(C#N)n1. The monoisotopic (exact) mass is 122 g/mol. The van der Waals surface area contributed by atoms with E-state index in [0.29, 0.717) is 12.2 Å². The Bertz CT molecular complexity index is 231. The molecule has 0 aromatic carbocycles. The number of rotatable bonds is 1. The summed E-state index contributed by atoms with van der Waals surface area (Å²) in [5.74, 6) is 0. The van der Waals surface area contributed by atoms with Gasteiger partial charge in [-0.15, -0.1) is 5.10 Å². The maximum atomic E-state index is 8.28. The fourth-order valence-electron chi connectivity index (χ4n) is 0.501. The van der Waals surface area contributed by atoms with E-state index in [2.05, 4.69) is 10.2 Å². The average Bonchev–Trinajstić information content (AvgIpc) is 2.34. The molecule has 1 rings (SSSR count). The predicted octanol–water partition coefficient (Wildman–Crippen LogP) is 0.170. The fraction of sp³-hybridized carbons (Fsp3) is 0.400. The van der Waals surface area contributed by atoms with Gasteiger partial charge >= 0.3 is 0 Å². The maximum absolute atomic E-state index is 8.28. The molecule has 1 aromatic rings. The summed E-state index contributed by atoms with van der Waals surface area (Å²) in [4.78, 5) is 1.47. The first-order valence-electron chi connectivity index (χ1n) is 2.67. The molecule has 1 heterocycles. The van der Waals surface area contributed by atoms with Crippen LogP contribution in [0.15, 0.2) is 6.20 Å². The van der Waals surface area contributed by atoms with E-state index in [4.69, 9.17) is 5.26 Å². The Balaban J connectivity index is 2.90. The molecule has 0 aliphatic carbocycles. The summed E-state index contributed by atoms with van der Waals surface area (Å²) in [6.07, 6.45) is 1.45. The fourth-order valence-corrected chi connectivity index (χ4v) is 0.501. The van der Waals surface area contributed by atoms with Gasteiger partial charge < -0.3 is 0 Å². The Kier molecular flexibility index (Phi) is 1.45. The van der Waals surface area contributed by atoms with Crippen LogP contribution < -0.4 is 0 Å². The number of aromatic nitrogens is 3. The molecule has 0 saturated carbocycles. The van der Waals surface area contributed by atoms with Gasteiger partial charge in [0.15, 0.2) is 5.69 Å². The first kappa shape index (κ1) is 5.76. The summed E-state index contributed by atoms with van der Waals surface area (Å²) in [5.41, 5.74) is 0.372. The van der Waals surface area contributed by atoms with Gasteiger partial charge in [0.2, 0.25) is 0 Å². The second-order valence-corrected chi connectivity index (χ2v) is 1.53. The van der Waals surface area contributed by atoms with Crippen molar-refractivity contribution in [2.45, 2.75) is 13.5 Å². The van der Waals surface area contributed by atoms with Crippen molar-refractivity contribution in [3.63, 3.8) is 0 Å². The summed E-state index contributed by atoms with van der Waals surface area (Å²) in [5, 5.41) is 15.9. The van der Waals surface area contributed by atoms with Crippen molar-refractivity contribution >= 4 is 0 Å². The molecule has 0 aliphatic heterocycles. The second kappa shape index (κ2) is 2.27. The van der Waals surface area contributed by atoms with Crippen LogP contribution in [0.3, 0.4) is 0 Å². The van der Waals surface area contributed by atoms with Gasteiger partial charge in [0.1, 0.15) is 6.07 Å².